The molecule has 0 aliphatic rings. The minimum absolute atomic E-state index is 0.263. The standard InChI is InChI=1S/C24H22FN3O2/c25-19-13-11-18(12-14-19)24(29)26-17-23-27-21-9-4-5-10-22(21)28(23)15-6-16-30-20-7-2-1-3-8-20/h1-5,7-14H,6,15-17H2,(H,26,29). The van der Waals surface area contributed by atoms with E-state index in [-0.39, 0.29) is 18.3 Å². The summed E-state index contributed by atoms with van der Waals surface area (Å²) in [6, 6.07) is 23.1. The Morgan fingerprint density at radius 2 is 1.70 bits per heavy atom. The molecule has 0 saturated carbocycles. The first-order chi connectivity index (χ1) is 14.7. The lowest BCUT2D eigenvalue weighted by Crippen LogP contribution is -2.25. The highest BCUT2D eigenvalue weighted by molar-refractivity contribution is 5.94. The van der Waals surface area contributed by atoms with Gasteiger partial charge >= 0.3 is 0 Å². The van der Waals surface area contributed by atoms with E-state index in [4.69, 9.17) is 4.74 Å². The van der Waals surface area contributed by atoms with Crippen molar-refractivity contribution in [1.82, 2.24) is 14.9 Å². The van der Waals surface area contributed by atoms with E-state index in [0.29, 0.717) is 12.2 Å². The van der Waals surface area contributed by atoms with Crippen molar-refractivity contribution in [2.75, 3.05) is 6.61 Å². The van der Waals surface area contributed by atoms with Crippen LogP contribution in [0.1, 0.15) is 22.6 Å². The van der Waals surface area contributed by atoms with E-state index in [9.17, 15) is 9.18 Å². The zero-order valence-corrected chi connectivity index (χ0v) is 16.4. The van der Waals surface area contributed by atoms with Gasteiger partial charge in [-0.2, -0.15) is 0 Å². The summed E-state index contributed by atoms with van der Waals surface area (Å²) >= 11 is 0. The van der Waals surface area contributed by atoms with Crippen LogP contribution in [0.15, 0.2) is 78.9 Å². The number of hydrogen-bond acceptors (Lipinski definition) is 3. The Kier molecular flexibility index (Phi) is 6.03. The number of nitrogens with zero attached hydrogens (tertiary/aromatic N) is 2. The van der Waals surface area contributed by atoms with Crippen LogP contribution < -0.4 is 10.1 Å². The number of fused-ring (bicyclic) bond motifs is 1. The molecule has 0 aliphatic heterocycles. The fourth-order valence-electron chi connectivity index (χ4n) is 3.30. The number of nitrogens with one attached hydrogen (secondary N) is 1. The van der Waals surface area contributed by atoms with Crippen LogP contribution in [0.3, 0.4) is 0 Å². The SMILES string of the molecule is O=C(NCc1nc2ccccc2n1CCCOc1ccccc1)c1ccc(F)cc1. The lowest BCUT2D eigenvalue weighted by molar-refractivity contribution is 0.0949. The topological polar surface area (TPSA) is 56.2 Å². The van der Waals surface area contributed by atoms with Crippen molar-refractivity contribution in [1.29, 1.82) is 0 Å². The molecule has 3 aromatic carbocycles. The molecule has 152 valence electrons. The maximum atomic E-state index is 13.1. The van der Waals surface area contributed by atoms with Crippen molar-refractivity contribution in [3.63, 3.8) is 0 Å². The van der Waals surface area contributed by atoms with Gasteiger partial charge in [0.25, 0.3) is 5.91 Å². The van der Waals surface area contributed by atoms with Crippen LogP contribution in [-0.4, -0.2) is 22.1 Å². The molecule has 4 rings (SSSR count). The van der Waals surface area contributed by atoms with Gasteiger partial charge in [-0.3, -0.25) is 4.79 Å². The maximum absolute atomic E-state index is 13.1. The van der Waals surface area contributed by atoms with Crippen molar-refractivity contribution in [2.45, 2.75) is 19.5 Å². The first-order valence-electron chi connectivity index (χ1n) is 9.86. The summed E-state index contributed by atoms with van der Waals surface area (Å²) in [7, 11) is 0. The summed E-state index contributed by atoms with van der Waals surface area (Å²) in [4.78, 5) is 17.1. The normalized spacial score (nSPS) is 10.8. The van der Waals surface area contributed by atoms with Gasteiger partial charge in [0, 0.05) is 12.1 Å². The minimum Gasteiger partial charge on any atom is -0.494 e. The number of para-hydroxylation sites is 3. The molecule has 0 atom stereocenters. The van der Waals surface area contributed by atoms with E-state index >= 15 is 0 Å². The van der Waals surface area contributed by atoms with Gasteiger partial charge in [-0.05, 0) is 55.0 Å². The highest BCUT2D eigenvalue weighted by Crippen LogP contribution is 2.17. The number of amides is 1. The molecule has 30 heavy (non-hydrogen) atoms. The Morgan fingerprint density at radius 3 is 2.50 bits per heavy atom. The molecule has 0 radical (unpaired) electrons. The summed E-state index contributed by atoms with van der Waals surface area (Å²) < 4.78 is 21.0. The summed E-state index contributed by atoms with van der Waals surface area (Å²) in [5.41, 5.74) is 2.31. The molecule has 1 aromatic heterocycles. The zero-order valence-electron chi connectivity index (χ0n) is 16.4. The van der Waals surface area contributed by atoms with Crippen LogP contribution in [-0.2, 0) is 13.1 Å². The maximum Gasteiger partial charge on any atom is 0.251 e. The minimum atomic E-state index is -0.369. The Morgan fingerprint density at radius 1 is 0.967 bits per heavy atom. The summed E-state index contributed by atoms with van der Waals surface area (Å²) in [6.45, 7) is 1.58. The lowest BCUT2D eigenvalue weighted by atomic mass is 10.2. The number of hydrogen-bond donors (Lipinski definition) is 1. The van der Waals surface area contributed by atoms with Gasteiger partial charge < -0.3 is 14.6 Å². The molecule has 0 unspecified atom stereocenters. The molecule has 4 aromatic rings. The largest absolute Gasteiger partial charge is 0.494 e. The number of rotatable bonds is 8. The molecule has 0 spiro atoms. The second-order valence-corrected chi connectivity index (χ2v) is 6.87. The molecule has 6 heteroatoms. The van der Waals surface area contributed by atoms with E-state index in [1.165, 1.54) is 24.3 Å². The predicted molar refractivity (Wildman–Crippen MR) is 114 cm³/mol. The molecule has 1 N–H and O–H groups in total. The predicted octanol–water partition coefficient (Wildman–Crippen LogP) is 4.57. The second-order valence-electron chi connectivity index (χ2n) is 6.87. The Bertz CT molecular complexity index is 1120. The van der Waals surface area contributed by atoms with E-state index in [1.54, 1.807) is 0 Å². The van der Waals surface area contributed by atoms with Crippen LogP contribution >= 0.6 is 0 Å². The zero-order chi connectivity index (χ0) is 20.8. The Labute approximate surface area is 174 Å². The smallest absolute Gasteiger partial charge is 0.251 e. The molecule has 0 saturated heterocycles. The highest BCUT2D eigenvalue weighted by atomic mass is 19.1. The lowest BCUT2D eigenvalue weighted by Gasteiger charge is -2.11. The molecule has 0 aliphatic carbocycles. The van der Waals surface area contributed by atoms with Crippen molar-refractivity contribution in [2.24, 2.45) is 0 Å². The van der Waals surface area contributed by atoms with Gasteiger partial charge in [0.1, 0.15) is 17.4 Å². The number of benzene rings is 3. The summed E-state index contributed by atoms with van der Waals surface area (Å²) in [6.07, 6.45) is 0.800. The van der Waals surface area contributed by atoms with Crippen molar-refractivity contribution in [3.8, 4) is 5.75 Å². The number of imidazole rings is 1. The molecule has 5 nitrogen and oxygen atoms in total. The van der Waals surface area contributed by atoms with Gasteiger partial charge in [0.2, 0.25) is 0 Å². The van der Waals surface area contributed by atoms with Crippen LogP contribution in [0.25, 0.3) is 11.0 Å². The third-order valence-corrected chi connectivity index (χ3v) is 4.79. The van der Waals surface area contributed by atoms with Crippen LogP contribution in [0.4, 0.5) is 4.39 Å². The number of ether oxygens (including phenoxy) is 1. The highest BCUT2D eigenvalue weighted by Gasteiger charge is 2.12. The summed E-state index contributed by atoms with van der Waals surface area (Å²) in [5, 5.41) is 2.88. The number of aryl methyl sites for hydroxylation is 1. The molecule has 0 bridgehead atoms. The fraction of sp³-hybridized carbons (Fsp3) is 0.167. The quantitative estimate of drug-likeness (QED) is 0.438. The van der Waals surface area contributed by atoms with Crippen LogP contribution in [0.5, 0.6) is 5.75 Å². The monoisotopic (exact) mass is 403 g/mol. The fourth-order valence-corrected chi connectivity index (χ4v) is 3.30. The third-order valence-electron chi connectivity index (χ3n) is 4.79. The molecule has 1 heterocycles. The van der Waals surface area contributed by atoms with Gasteiger partial charge in [-0.25, -0.2) is 9.37 Å². The van der Waals surface area contributed by atoms with E-state index in [2.05, 4.69) is 14.9 Å². The van der Waals surface area contributed by atoms with Crippen molar-refractivity contribution >= 4 is 16.9 Å². The van der Waals surface area contributed by atoms with Gasteiger partial charge in [0.15, 0.2) is 0 Å². The van der Waals surface area contributed by atoms with E-state index in [1.807, 2.05) is 54.6 Å². The van der Waals surface area contributed by atoms with Gasteiger partial charge in [0.05, 0.1) is 24.2 Å². The molecule has 1 amide bonds. The first kappa shape index (κ1) is 19.6. The van der Waals surface area contributed by atoms with Gasteiger partial charge in [-0.15, -0.1) is 0 Å². The third kappa shape index (κ3) is 4.66. The average molecular weight is 403 g/mol. The first-order valence-corrected chi connectivity index (χ1v) is 9.86. The van der Waals surface area contributed by atoms with Crippen LogP contribution in [0.2, 0.25) is 0 Å². The average Bonchev–Trinajstić information content (AvgIpc) is 3.14. The Balaban J connectivity index is 1.43. The summed E-state index contributed by atoms with van der Waals surface area (Å²) in [5.74, 6) is 0.984. The van der Waals surface area contributed by atoms with Crippen molar-refractivity contribution < 1.29 is 13.9 Å². The molecular formula is C24H22FN3O2. The number of carbonyl (C=O) groups excluding carboxylic acids is 1. The van der Waals surface area contributed by atoms with Gasteiger partial charge in [-0.1, -0.05) is 30.3 Å². The molecular weight excluding hydrogens is 381 g/mol. The number of carbonyl (C=O) groups is 1. The number of aromatic nitrogens is 2. The van der Waals surface area contributed by atoms with Crippen molar-refractivity contribution in [3.05, 3.63) is 96.1 Å². The Hall–Kier alpha value is -3.67. The van der Waals surface area contributed by atoms with E-state index < -0.39 is 0 Å². The van der Waals surface area contributed by atoms with Crippen LogP contribution in [0, 0.1) is 5.82 Å². The number of halogens is 1. The molecule has 0 fully saturated rings. The van der Waals surface area contributed by atoms with E-state index in [0.717, 1.165) is 35.6 Å². The second kappa shape index (κ2) is 9.22.